The van der Waals surface area contributed by atoms with Crippen LogP contribution < -0.4 is 0 Å². The molecule has 2 heteroatoms. The Balaban J connectivity index is 2.14. The molecule has 3 rings (SSSR count). The summed E-state index contributed by atoms with van der Waals surface area (Å²) in [4.78, 5) is 15.3. The Morgan fingerprint density at radius 2 is 1.74 bits per heavy atom. The third kappa shape index (κ3) is 2.25. The predicted molar refractivity (Wildman–Crippen MR) is 77.3 cm³/mol. The predicted octanol–water partition coefficient (Wildman–Crippen LogP) is 4.02. The van der Waals surface area contributed by atoms with E-state index in [9.17, 15) is 4.79 Å². The van der Waals surface area contributed by atoms with Crippen LogP contribution in [0.4, 0.5) is 0 Å². The summed E-state index contributed by atoms with van der Waals surface area (Å²) in [5.41, 5.74) is 5.02. The molecule has 0 saturated heterocycles. The molecule has 92 valence electrons. The van der Waals surface area contributed by atoms with Gasteiger partial charge in [-0.2, -0.15) is 0 Å². The molecule has 0 aliphatic heterocycles. The second kappa shape index (κ2) is 4.65. The number of aryl methyl sites for hydroxylation is 1. The van der Waals surface area contributed by atoms with Gasteiger partial charge in [0.1, 0.15) is 6.29 Å². The largest absolute Gasteiger partial charge is 0.298 e. The molecule has 2 nitrogen and oxygen atoms in total. The number of hydrogen-bond donors (Lipinski definition) is 0. The zero-order chi connectivity index (χ0) is 13.2. The van der Waals surface area contributed by atoms with Crippen LogP contribution in [0, 0.1) is 6.92 Å². The molecule has 0 atom stereocenters. The van der Waals surface area contributed by atoms with Crippen LogP contribution in [0.15, 0.2) is 54.7 Å². The number of fused-ring (bicyclic) bond motifs is 1. The number of aromatic nitrogens is 1. The van der Waals surface area contributed by atoms with E-state index in [4.69, 9.17) is 0 Å². The molecule has 0 radical (unpaired) electrons. The number of aldehydes is 1. The first-order valence-corrected chi connectivity index (χ1v) is 6.18. The van der Waals surface area contributed by atoms with Crippen molar-refractivity contribution in [2.24, 2.45) is 0 Å². The minimum Gasteiger partial charge on any atom is -0.298 e. The maximum atomic E-state index is 10.8. The monoisotopic (exact) mass is 247 g/mol. The number of carbonyl (C=O) groups excluding carboxylic acids is 1. The second-order valence-electron chi connectivity index (χ2n) is 4.66. The van der Waals surface area contributed by atoms with E-state index in [2.05, 4.69) is 42.2 Å². The molecule has 3 aromatic rings. The molecule has 0 saturated carbocycles. The molecular weight excluding hydrogens is 234 g/mol. The van der Waals surface area contributed by atoms with E-state index in [0.717, 1.165) is 28.3 Å². The van der Waals surface area contributed by atoms with Crippen molar-refractivity contribution < 1.29 is 4.79 Å². The smallest absolute Gasteiger partial charge is 0.150 e. The summed E-state index contributed by atoms with van der Waals surface area (Å²) in [6, 6.07) is 15.9. The van der Waals surface area contributed by atoms with E-state index in [0.29, 0.717) is 5.56 Å². The number of benzene rings is 2. The van der Waals surface area contributed by atoms with Crippen LogP contribution in [-0.2, 0) is 0 Å². The molecular formula is C17H13NO. The van der Waals surface area contributed by atoms with Crippen molar-refractivity contribution in [3.05, 3.63) is 65.9 Å². The van der Waals surface area contributed by atoms with Crippen molar-refractivity contribution in [1.82, 2.24) is 4.98 Å². The van der Waals surface area contributed by atoms with E-state index in [1.165, 1.54) is 5.56 Å². The quantitative estimate of drug-likeness (QED) is 0.640. The molecule has 2 aromatic carbocycles. The molecule has 0 fully saturated rings. The SMILES string of the molecule is Cc1ccc(-c2cnc3ccc(C=O)cc3c2)cc1. The van der Waals surface area contributed by atoms with Gasteiger partial charge >= 0.3 is 0 Å². The van der Waals surface area contributed by atoms with Gasteiger partial charge in [0.05, 0.1) is 5.52 Å². The van der Waals surface area contributed by atoms with Gasteiger partial charge in [0, 0.05) is 22.7 Å². The standard InChI is InChI=1S/C17H13NO/c1-12-2-5-14(6-3-12)16-9-15-8-13(11-19)4-7-17(15)18-10-16/h2-11H,1H3. The molecule has 1 aromatic heterocycles. The van der Waals surface area contributed by atoms with Gasteiger partial charge in [-0.05, 0) is 36.8 Å². The highest BCUT2D eigenvalue weighted by Gasteiger charge is 2.02. The Morgan fingerprint density at radius 1 is 0.947 bits per heavy atom. The maximum Gasteiger partial charge on any atom is 0.150 e. The zero-order valence-electron chi connectivity index (χ0n) is 10.6. The average Bonchev–Trinajstić information content (AvgIpc) is 2.47. The Bertz CT molecular complexity index is 745. The second-order valence-corrected chi connectivity index (χ2v) is 4.66. The van der Waals surface area contributed by atoms with Crippen LogP contribution in [0.3, 0.4) is 0 Å². The number of nitrogens with zero attached hydrogens (tertiary/aromatic N) is 1. The number of rotatable bonds is 2. The molecule has 19 heavy (non-hydrogen) atoms. The van der Waals surface area contributed by atoms with Gasteiger partial charge in [0.25, 0.3) is 0 Å². The van der Waals surface area contributed by atoms with Gasteiger partial charge in [0.15, 0.2) is 0 Å². The lowest BCUT2D eigenvalue weighted by molar-refractivity contribution is 0.112. The van der Waals surface area contributed by atoms with Gasteiger partial charge in [-0.3, -0.25) is 9.78 Å². The van der Waals surface area contributed by atoms with Crippen LogP contribution in [0.1, 0.15) is 15.9 Å². The first-order chi connectivity index (χ1) is 9.26. The first-order valence-electron chi connectivity index (χ1n) is 6.18. The van der Waals surface area contributed by atoms with Crippen LogP contribution in [-0.4, -0.2) is 11.3 Å². The van der Waals surface area contributed by atoms with E-state index in [1.54, 1.807) is 6.07 Å². The minimum absolute atomic E-state index is 0.676. The van der Waals surface area contributed by atoms with Crippen molar-refractivity contribution in [1.29, 1.82) is 0 Å². The molecule has 0 spiro atoms. The number of carbonyl (C=O) groups is 1. The summed E-state index contributed by atoms with van der Waals surface area (Å²) in [7, 11) is 0. The summed E-state index contributed by atoms with van der Waals surface area (Å²) in [6.07, 6.45) is 2.73. The van der Waals surface area contributed by atoms with Gasteiger partial charge in [-0.15, -0.1) is 0 Å². The zero-order valence-corrected chi connectivity index (χ0v) is 10.6. The lowest BCUT2D eigenvalue weighted by Crippen LogP contribution is -1.85. The summed E-state index contributed by atoms with van der Waals surface area (Å²) < 4.78 is 0. The summed E-state index contributed by atoms with van der Waals surface area (Å²) in [5, 5.41) is 0.989. The molecule has 1 heterocycles. The first kappa shape index (κ1) is 11.6. The number of pyridine rings is 1. The van der Waals surface area contributed by atoms with E-state index >= 15 is 0 Å². The summed E-state index contributed by atoms with van der Waals surface area (Å²) in [5.74, 6) is 0. The van der Waals surface area contributed by atoms with Gasteiger partial charge in [0.2, 0.25) is 0 Å². The van der Waals surface area contributed by atoms with Crippen molar-refractivity contribution in [3.8, 4) is 11.1 Å². The van der Waals surface area contributed by atoms with E-state index < -0.39 is 0 Å². The molecule has 0 unspecified atom stereocenters. The Hall–Kier alpha value is -2.48. The molecule has 0 bridgehead atoms. The molecule has 0 amide bonds. The summed E-state index contributed by atoms with van der Waals surface area (Å²) in [6.45, 7) is 2.07. The van der Waals surface area contributed by atoms with Gasteiger partial charge in [-0.25, -0.2) is 0 Å². The molecule has 0 aliphatic carbocycles. The third-order valence-corrected chi connectivity index (χ3v) is 3.23. The Morgan fingerprint density at radius 3 is 2.47 bits per heavy atom. The highest BCUT2D eigenvalue weighted by Crippen LogP contribution is 2.23. The fourth-order valence-corrected chi connectivity index (χ4v) is 2.13. The molecule has 0 N–H and O–H groups in total. The lowest BCUT2D eigenvalue weighted by Gasteiger charge is -2.04. The van der Waals surface area contributed by atoms with Crippen molar-refractivity contribution in [2.75, 3.05) is 0 Å². The fraction of sp³-hybridized carbons (Fsp3) is 0.0588. The van der Waals surface area contributed by atoms with Gasteiger partial charge < -0.3 is 0 Å². The summed E-state index contributed by atoms with van der Waals surface area (Å²) >= 11 is 0. The highest BCUT2D eigenvalue weighted by molar-refractivity contribution is 5.89. The van der Waals surface area contributed by atoms with E-state index in [1.807, 2.05) is 18.3 Å². The van der Waals surface area contributed by atoms with Crippen molar-refractivity contribution in [2.45, 2.75) is 6.92 Å². The third-order valence-electron chi connectivity index (χ3n) is 3.23. The van der Waals surface area contributed by atoms with Gasteiger partial charge in [-0.1, -0.05) is 29.8 Å². The average molecular weight is 247 g/mol. The number of hydrogen-bond acceptors (Lipinski definition) is 2. The maximum absolute atomic E-state index is 10.8. The van der Waals surface area contributed by atoms with E-state index in [-0.39, 0.29) is 0 Å². The lowest BCUT2D eigenvalue weighted by atomic mass is 10.0. The highest BCUT2D eigenvalue weighted by atomic mass is 16.1. The normalized spacial score (nSPS) is 10.6. The Kier molecular flexibility index (Phi) is 2.84. The van der Waals surface area contributed by atoms with Crippen molar-refractivity contribution in [3.63, 3.8) is 0 Å². The van der Waals surface area contributed by atoms with Crippen LogP contribution in [0.25, 0.3) is 22.0 Å². The van der Waals surface area contributed by atoms with Crippen molar-refractivity contribution >= 4 is 17.2 Å². The minimum atomic E-state index is 0.676. The van der Waals surface area contributed by atoms with Crippen LogP contribution >= 0.6 is 0 Å². The topological polar surface area (TPSA) is 30.0 Å². The Labute approximate surface area is 111 Å². The van der Waals surface area contributed by atoms with Crippen LogP contribution in [0.2, 0.25) is 0 Å². The fourth-order valence-electron chi connectivity index (χ4n) is 2.13. The molecule has 0 aliphatic rings. The van der Waals surface area contributed by atoms with Crippen LogP contribution in [0.5, 0.6) is 0 Å².